The van der Waals surface area contributed by atoms with Crippen LogP contribution in [0.3, 0.4) is 0 Å². The molecular formula is C15H8ClF5OS. The second-order valence-corrected chi connectivity index (χ2v) is 6.19. The van der Waals surface area contributed by atoms with Crippen LogP contribution in [0.2, 0.25) is 5.02 Å². The third-order valence-electron chi connectivity index (χ3n) is 2.87. The van der Waals surface area contributed by atoms with Crippen LogP contribution in [0, 0.1) is 29.1 Å². The molecule has 0 heterocycles. The van der Waals surface area contributed by atoms with Gasteiger partial charge in [0.05, 0.1) is 5.56 Å². The van der Waals surface area contributed by atoms with Crippen LogP contribution in [0.4, 0.5) is 22.0 Å². The van der Waals surface area contributed by atoms with E-state index in [0.29, 0.717) is 10.6 Å². The minimum Gasteiger partial charge on any atom is -0.612 e. The normalized spacial score (nSPS) is 12.8. The Balaban J connectivity index is 2.20. The summed E-state index contributed by atoms with van der Waals surface area (Å²) in [5.41, 5.74) is -0.499. The van der Waals surface area contributed by atoms with Crippen molar-refractivity contribution in [2.24, 2.45) is 0 Å². The zero-order chi connectivity index (χ0) is 17.1. The van der Waals surface area contributed by atoms with Gasteiger partial charge in [-0.25, -0.2) is 22.0 Å². The maximum atomic E-state index is 13.5. The first-order chi connectivity index (χ1) is 10.8. The zero-order valence-electron chi connectivity index (χ0n) is 11.3. The van der Waals surface area contributed by atoms with Crippen molar-refractivity contribution >= 4 is 28.9 Å². The van der Waals surface area contributed by atoms with E-state index in [1.807, 2.05) is 0 Å². The van der Waals surface area contributed by atoms with E-state index in [9.17, 15) is 26.5 Å². The standard InChI is InChI=1S/C15H8ClF5OS/c16-9-3-1-8(2-4-9)5-6-23(22)7-10-11(17)13(19)15(21)14(20)12(10)18/h1-6H,7H2. The van der Waals surface area contributed by atoms with Crippen LogP contribution in [0.1, 0.15) is 11.1 Å². The molecule has 0 aliphatic rings. The van der Waals surface area contributed by atoms with E-state index in [1.165, 1.54) is 6.08 Å². The second kappa shape index (κ2) is 7.33. The summed E-state index contributed by atoms with van der Waals surface area (Å²) in [6, 6.07) is 6.37. The Hall–Kier alpha value is -1.57. The van der Waals surface area contributed by atoms with Crippen LogP contribution in [0.5, 0.6) is 0 Å². The van der Waals surface area contributed by atoms with Gasteiger partial charge in [-0.2, -0.15) is 0 Å². The van der Waals surface area contributed by atoms with Gasteiger partial charge >= 0.3 is 0 Å². The molecule has 0 spiro atoms. The van der Waals surface area contributed by atoms with E-state index in [1.54, 1.807) is 24.3 Å². The average Bonchev–Trinajstić information content (AvgIpc) is 2.54. The molecule has 2 aromatic rings. The highest BCUT2D eigenvalue weighted by Gasteiger charge is 2.27. The molecule has 0 aromatic heterocycles. The summed E-state index contributed by atoms with van der Waals surface area (Å²) >= 11 is 3.72. The van der Waals surface area contributed by atoms with Crippen molar-refractivity contribution in [2.75, 3.05) is 0 Å². The highest BCUT2D eigenvalue weighted by Crippen LogP contribution is 2.25. The Morgan fingerprint density at radius 2 is 1.35 bits per heavy atom. The lowest BCUT2D eigenvalue weighted by Gasteiger charge is -2.09. The largest absolute Gasteiger partial charge is 0.612 e. The van der Waals surface area contributed by atoms with Crippen molar-refractivity contribution in [3.05, 3.63) is 74.9 Å². The molecule has 23 heavy (non-hydrogen) atoms. The summed E-state index contributed by atoms with van der Waals surface area (Å²) in [7, 11) is 0. The summed E-state index contributed by atoms with van der Waals surface area (Å²) in [4.78, 5) is 0. The summed E-state index contributed by atoms with van der Waals surface area (Å²) in [5.74, 6) is -11.2. The molecule has 0 saturated carbocycles. The predicted molar refractivity (Wildman–Crippen MR) is 78.6 cm³/mol. The van der Waals surface area contributed by atoms with Crippen LogP contribution in [0.25, 0.3) is 6.08 Å². The third-order valence-corrected chi connectivity index (χ3v) is 4.13. The van der Waals surface area contributed by atoms with Gasteiger partial charge < -0.3 is 4.55 Å². The van der Waals surface area contributed by atoms with Gasteiger partial charge in [-0.3, -0.25) is 0 Å². The van der Waals surface area contributed by atoms with Crippen LogP contribution in [-0.4, -0.2) is 4.55 Å². The van der Waals surface area contributed by atoms with Crippen LogP contribution >= 0.6 is 11.6 Å². The molecule has 0 aliphatic carbocycles. The number of halogens is 6. The lowest BCUT2D eigenvalue weighted by molar-refractivity contribution is 0.372. The van der Waals surface area contributed by atoms with Crippen LogP contribution < -0.4 is 0 Å². The van der Waals surface area contributed by atoms with E-state index in [4.69, 9.17) is 11.6 Å². The smallest absolute Gasteiger partial charge is 0.200 e. The van der Waals surface area contributed by atoms with Crippen molar-refractivity contribution in [1.82, 2.24) is 0 Å². The minimum atomic E-state index is -2.24. The van der Waals surface area contributed by atoms with Gasteiger partial charge in [0.2, 0.25) is 5.82 Å². The Morgan fingerprint density at radius 1 is 0.870 bits per heavy atom. The van der Waals surface area contributed by atoms with Gasteiger partial charge in [-0.1, -0.05) is 23.7 Å². The molecule has 0 radical (unpaired) electrons. The van der Waals surface area contributed by atoms with Gasteiger partial charge in [0.15, 0.2) is 23.3 Å². The van der Waals surface area contributed by atoms with E-state index in [0.717, 1.165) is 5.41 Å². The Labute approximate surface area is 136 Å². The van der Waals surface area contributed by atoms with Gasteiger partial charge in [0.1, 0.15) is 11.2 Å². The predicted octanol–water partition coefficient (Wildman–Crippen LogP) is 4.96. The van der Waals surface area contributed by atoms with Crippen molar-refractivity contribution in [3.8, 4) is 0 Å². The minimum absolute atomic E-state index is 0.490. The van der Waals surface area contributed by atoms with Crippen molar-refractivity contribution in [1.29, 1.82) is 0 Å². The molecule has 8 heteroatoms. The topological polar surface area (TPSA) is 23.1 Å². The van der Waals surface area contributed by atoms with Crippen molar-refractivity contribution < 1.29 is 26.5 Å². The summed E-state index contributed by atoms with van der Waals surface area (Å²) in [6.45, 7) is 0. The quantitative estimate of drug-likeness (QED) is 0.325. The average molecular weight is 367 g/mol. The summed E-state index contributed by atoms with van der Waals surface area (Å²) in [6.07, 6.45) is 1.39. The SMILES string of the molecule is [O-][S+](C=Cc1ccc(Cl)cc1)Cc1c(F)c(F)c(F)c(F)c1F. The number of hydrogen-bond acceptors (Lipinski definition) is 1. The second-order valence-electron chi connectivity index (χ2n) is 4.43. The Kier molecular flexibility index (Phi) is 5.67. The fourth-order valence-electron chi connectivity index (χ4n) is 1.70. The fraction of sp³-hybridized carbons (Fsp3) is 0.0667. The molecule has 0 saturated heterocycles. The Bertz CT molecular complexity index is 720. The first-order valence-electron chi connectivity index (χ1n) is 6.12. The molecule has 1 unspecified atom stereocenters. The number of rotatable bonds is 4. The Morgan fingerprint density at radius 3 is 1.87 bits per heavy atom. The molecule has 0 N–H and O–H groups in total. The van der Waals surface area contributed by atoms with Crippen LogP contribution in [-0.2, 0) is 16.9 Å². The molecule has 0 fully saturated rings. The molecule has 2 rings (SSSR count). The molecule has 1 nitrogen and oxygen atoms in total. The van der Waals surface area contributed by atoms with Gasteiger partial charge in [-0.15, -0.1) is 0 Å². The summed E-state index contributed by atoms with van der Waals surface area (Å²) in [5, 5.41) is 1.59. The lowest BCUT2D eigenvalue weighted by Crippen LogP contribution is -2.11. The van der Waals surface area contributed by atoms with E-state index in [-0.39, 0.29) is 0 Å². The molecular weight excluding hydrogens is 359 g/mol. The van der Waals surface area contributed by atoms with Gasteiger partial charge in [0.25, 0.3) is 0 Å². The van der Waals surface area contributed by atoms with Crippen LogP contribution in [0.15, 0.2) is 29.7 Å². The molecule has 0 amide bonds. The number of hydrogen-bond donors (Lipinski definition) is 0. The number of benzene rings is 2. The first kappa shape index (κ1) is 17.8. The molecule has 2 aromatic carbocycles. The fourth-order valence-corrected chi connectivity index (χ4v) is 2.76. The maximum Gasteiger partial charge on any atom is 0.200 e. The molecule has 122 valence electrons. The molecule has 0 aliphatic heterocycles. The van der Waals surface area contributed by atoms with Crippen molar-refractivity contribution in [2.45, 2.75) is 5.75 Å². The van der Waals surface area contributed by atoms with E-state index < -0.39 is 51.6 Å². The van der Waals surface area contributed by atoms with Gasteiger partial charge in [-0.05, 0) is 34.9 Å². The highest BCUT2D eigenvalue weighted by atomic mass is 35.5. The zero-order valence-corrected chi connectivity index (χ0v) is 12.8. The first-order valence-corrected chi connectivity index (χ1v) is 7.88. The van der Waals surface area contributed by atoms with E-state index >= 15 is 0 Å². The molecule has 0 bridgehead atoms. The third kappa shape index (κ3) is 4.04. The highest BCUT2D eigenvalue weighted by molar-refractivity contribution is 7.93. The lowest BCUT2D eigenvalue weighted by atomic mass is 10.2. The summed E-state index contributed by atoms with van der Waals surface area (Å²) < 4.78 is 77.8. The molecule has 1 atom stereocenters. The maximum absolute atomic E-state index is 13.5. The monoisotopic (exact) mass is 366 g/mol. The van der Waals surface area contributed by atoms with E-state index in [2.05, 4.69) is 0 Å². The van der Waals surface area contributed by atoms with Crippen molar-refractivity contribution in [3.63, 3.8) is 0 Å². The van der Waals surface area contributed by atoms with Gasteiger partial charge in [0, 0.05) is 5.02 Å².